The van der Waals surface area contributed by atoms with Gasteiger partial charge in [0.15, 0.2) is 11.5 Å². The maximum Gasteiger partial charge on any atom is 0.416 e. The van der Waals surface area contributed by atoms with Crippen molar-refractivity contribution in [3.05, 3.63) is 64.0 Å². The zero-order chi connectivity index (χ0) is 26.3. The molecule has 0 amide bonds. The van der Waals surface area contributed by atoms with Gasteiger partial charge < -0.3 is 19.5 Å². The summed E-state index contributed by atoms with van der Waals surface area (Å²) in [5.41, 5.74) is -1.02. The molecule has 13 heteroatoms. The molecule has 0 saturated carbocycles. The number of aromatic nitrogens is 3. The SMILES string of the molecule is COc1cc2c(cc1OC1CCOC1)c(NC(C)c1cc([N+](=O)[O-])cc(C(F)(F)F)c1)nc1nccn12. The molecule has 0 radical (unpaired) electrons. The first-order valence-corrected chi connectivity index (χ1v) is 11.4. The first kappa shape index (κ1) is 24.6. The molecule has 4 aromatic rings. The van der Waals surface area contributed by atoms with E-state index in [0.29, 0.717) is 53.3 Å². The van der Waals surface area contributed by atoms with Crippen molar-refractivity contribution in [2.24, 2.45) is 0 Å². The van der Waals surface area contributed by atoms with Crippen molar-refractivity contribution < 1.29 is 32.3 Å². The third-order valence-corrected chi connectivity index (χ3v) is 6.14. The van der Waals surface area contributed by atoms with Crippen LogP contribution in [0.3, 0.4) is 0 Å². The van der Waals surface area contributed by atoms with Crippen LogP contribution in [-0.4, -0.2) is 45.7 Å². The molecule has 0 aliphatic carbocycles. The maximum absolute atomic E-state index is 13.4. The van der Waals surface area contributed by atoms with E-state index in [2.05, 4.69) is 15.3 Å². The molecule has 1 saturated heterocycles. The van der Waals surface area contributed by atoms with Crippen molar-refractivity contribution in [1.82, 2.24) is 14.4 Å². The summed E-state index contributed by atoms with van der Waals surface area (Å²) in [6, 6.07) is 5.25. The number of non-ortho nitro benzene ring substituents is 1. The number of nitrogens with one attached hydrogen (secondary N) is 1. The van der Waals surface area contributed by atoms with Crippen LogP contribution < -0.4 is 14.8 Å². The number of nitrogens with zero attached hydrogens (tertiary/aromatic N) is 4. The van der Waals surface area contributed by atoms with Crippen molar-refractivity contribution in [1.29, 1.82) is 0 Å². The molecule has 1 N–H and O–H groups in total. The quantitative estimate of drug-likeness (QED) is 0.264. The van der Waals surface area contributed by atoms with Gasteiger partial charge in [-0.25, -0.2) is 4.98 Å². The van der Waals surface area contributed by atoms with Gasteiger partial charge >= 0.3 is 6.18 Å². The molecular weight excluding hydrogens is 495 g/mol. The van der Waals surface area contributed by atoms with E-state index >= 15 is 0 Å². The zero-order valence-corrected chi connectivity index (χ0v) is 19.8. The van der Waals surface area contributed by atoms with E-state index in [0.717, 1.165) is 18.6 Å². The first-order valence-electron chi connectivity index (χ1n) is 11.4. The Bertz CT molecular complexity index is 1480. The average Bonchev–Trinajstić information content (AvgIpc) is 3.55. The highest BCUT2D eigenvalue weighted by Gasteiger charge is 2.33. The van der Waals surface area contributed by atoms with E-state index in [9.17, 15) is 23.3 Å². The number of benzene rings is 2. The minimum Gasteiger partial charge on any atom is -0.493 e. The largest absolute Gasteiger partial charge is 0.493 e. The monoisotopic (exact) mass is 517 g/mol. The summed E-state index contributed by atoms with van der Waals surface area (Å²) in [5, 5.41) is 15.0. The number of hydrogen-bond donors (Lipinski definition) is 1. The molecule has 2 aromatic carbocycles. The summed E-state index contributed by atoms with van der Waals surface area (Å²) < 4.78 is 59.1. The predicted octanol–water partition coefficient (Wildman–Crippen LogP) is 5.16. The molecule has 5 rings (SSSR count). The van der Waals surface area contributed by atoms with Crippen LogP contribution in [0, 0.1) is 10.1 Å². The second-order valence-electron chi connectivity index (χ2n) is 8.62. The maximum atomic E-state index is 13.4. The number of hydrogen-bond acceptors (Lipinski definition) is 8. The van der Waals surface area contributed by atoms with Gasteiger partial charge in [-0.2, -0.15) is 18.2 Å². The smallest absolute Gasteiger partial charge is 0.416 e. The number of anilines is 1. The number of ether oxygens (including phenoxy) is 3. The number of halogens is 3. The van der Waals surface area contributed by atoms with E-state index in [4.69, 9.17) is 14.2 Å². The van der Waals surface area contributed by atoms with Crippen molar-refractivity contribution >= 4 is 28.2 Å². The normalized spacial score (nSPS) is 16.7. The summed E-state index contributed by atoms with van der Waals surface area (Å²) in [4.78, 5) is 19.2. The van der Waals surface area contributed by atoms with Gasteiger partial charge in [-0.1, -0.05) is 0 Å². The summed E-state index contributed by atoms with van der Waals surface area (Å²) in [6.45, 7) is 2.63. The van der Waals surface area contributed by atoms with Crippen molar-refractivity contribution in [2.45, 2.75) is 31.7 Å². The lowest BCUT2D eigenvalue weighted by Gasteiger charge is -2.20. The van der Waals surface area contributed by atoms with E-state index < -0.39 is 28.4 Å². The lowest BCUT2D eigenvalue weighted by Crippen LogP contribution is -2.16. The van der Waals surface area contributed by atoms with Crippen LogP contribution in [0.2, 0.25) is 0 Å². The molecule has 1 aliphatic heterocycles. The average molecular weight is 517 g/mol. The fraction of sp³-hybridized carbons (Fsp3) is 0.333. The van der Waals surface area contributed by atoms with Gasteiger partial charge in [-0.3, -0.25) is 14.5 Å². The standard InChI is InChI=1S/C24H22F3N5O5/c1-13(14-7-15(24(25,26)27)9-16(8-14)32(33)34)29-22-18-10-21(37-17-3-6-36-12-17)20(35-2)11-19(18)31-5-4-28-23(31)30-22/h4-5,7-11,13,17H,3,6,12H2,1-2H3,(H,28,29,30). The molecule has 1 fully saturated rings. The molecule has 2 atom stereocenters. The van der Waals surface area contributed by atoms with Crippen LogP contribution in [0.25, 0.3) is 16.7 Å². The minimum atomic E-state index is -4.74. The molecule has 2 aromatic heterocycles. The molecule has 0 spiro atoms. The Morgan fingerprint density at radius 2 is 2.05 bits per heavy atom. The fourth-order valence-corrected chi connectivity index (χ4v) is 4.25. The Morgan fingerprint density at radius 3 is 2.73 bits per heavy atom. The van der Waals surface area contributed by atoms with E-state index in [-0.39, 0.29) is 11.7 Å². The lowest BCUT2D eigenvalue weighted by molar-refractivity contribution is -0.385. The highest BCUT2D eigenvalue weighted by molar-refractivity contribution is 5.93. The van der Waals surface area contributed by atoms with Gasteiger partial charge in [0.2, 0.25) is 5.78 Å². The van der Waals surface area contributed by atoms with E-state index in [1.165, 1.54) is 7.11 Å². The third-order valence-electron chi connectivity index (χ3n) is 6.14. The third kappa shape index (κ3) is 4.81. The topological polar surface area (TPSA) is 113 Å². The van der Waals surface area contributed by atoms with Gasteiger partial charge in [-0.05, 0) is 24.6 Å². The second kappa shape index (κ2) is 9.39. The Labute approximate surface area is 208 Å². The Hall–Kier alpha value is -4.13. The number of methoxy groups -OCH3 is 1. The number of nitro groups is 1. The van der Waals surface area contributed by atoms with Crippen LogP contribution >= 0.6 is 0 Å². The summed E-state index contributed by atoms with van der Waals surface area (Å²) in [5.74, 6) is 1.60. The van der Waals surface area contributed by atoms with Crippen LogP contribution in [0.4, 0.5) is 24.7 Å². The molecule has 10 nitrogen and oxygen atoms in total. The Balaban J connectivity index is 1.60. The number of fused-ring (bicyclic) bond motifs is 3. The molecule has 0 bridgehead atoms. The van der Waals surface area contributed by atoms with Gasteiger partial charge in [0.05, 0.1) is 42.4 Å². The van der Waals surface area contributed by atoms with Crippen molar-refractivity contribution in [3.8, 4) is 11.5 Å². The molecule has 3 heterocycles. The summed E-state index contributed by atoms with van der Waals surface area (Å²) in [7, 11) is 1.52. The molecule has 2 unspecified atom stereocenters. The highest BCUT2D eigenvalue weighted by atomic mass is 19.4. The van der Waals surface area contributed by atoms with Gasteiger partial charge in [0.1, 0.15) is 11.9 Å². The van der Waals surface area contributed by atoms with Crippen molar-refractivity contribution in [2.75, 3.05) is 25.6 Å². The Kier molecular flexibility index (Phi) is 6.23. The van der Waals surface area contributed by atoms with Gasteiger partial charge in [0.25, 0.3) is 5.69 Å². The highest BCUT2D eigenvalue weighted by Crippen LogP contribution is 2.38. The molecule has 194 valence electrons. The van der Waals surface area contributed by atoms with Gasteiger partial charge in [0, 0.05) is 42.4 Å². The summed E-state index contributed by atoms with van der Waals surface area (Å²) in [6.07, 6.45) is -0.891. The second-order valence-corrected chi connectivity index (χ2v) is 8.62. The van der Waals surface area contributed by atoms with Crippen molar-refractivity contribution in [3.63, 3.8) is 0 Å². The van der Waals surface area contributed by atoms with Crippen LogP contribution in [0.1, 0.15) is 30.5 Å². The van der Waals surface area contributed by atoms with Crippen LogP contribution in [0.15, 0.2) is 42.7 Å². The van der Waals surface area contributed by atoms with Crippen LogP contribution in [0.5, 0.6) is 11.5 Å². The first-order chi connectivity index (χ1) is 17.6. The van der Waals surface area contributed by atoms with E-state index in [1.54, 1.807) is 35.9 Å². The number of rotatable bonds is 7. The predicted molar refractivity (Wildman–Crippen MR) is 127 cm³/mol. The Morgan fingerprint density at radius 1 is 1.24 bits per heavy atom. The molecule has 37 heavy (non-hydrogen) atoms. The van der Waals surface area contributed by atoms with Gasteiger partial charge in [-0.15, -0.1) is 0 Å². The molecule has 1 aliphatic rings. The lowest BCUT2D eigenvalue weighted by atomic mass is 10.0. The number of alkyl halides is 3. The number of nitro benzene ring substituents is 1. The minimum absolute atomic E-state index is 0.0766. The van der Waals surface area contributed by atoms with Crippen LogP contribution in [-0.2, 0) is 10.9 Å². The number of imidazole rings is 1. The van der Waals surface area contributed by atoms with E-state index in [1.807, 2.05) is 0 Å². The molecular formula is C24H22F3N5O5. The zero-order valence-electron chi connectivity index (χ0n) is 19.8. The summed E-state index contributed by atoms with van der Waals surface area (Å²) >= 11 is 0. The fourth-order valence-electron chi connectivity index (χ4n) is 4.25.